The number of rotatable bonds is 1. The van der Waals surface area contributed by atoms with Gasteiger partial charge in [0.15, 0.2) is 0 Å². The summed E-state index contributed by atoms with van der Waals surface area (Å²) in [6, 6.07) is 0. The van der Waals surface area contributed by atoms with E-state index in [4.69, 9.17) is 10.9 Å². The predicted octanol–water partition coefficient (Wildman–Crippen LogP) is -0.913. The highest BCUT2D eigenvalue weighted by Gasteiger charge is 1.97. The number of nitrogens with one attached hydrogen (secondary N) is 1. The maximum atomic E-state index is 10.3. The molecule has 1 aromatic rings. The molecule has 76 valence electrons. The number of hydroxylamine groups is 1. The SMILES string of the molecule is CC(=O)NO.NC(=O)c1cnccn1. The third-order valence-electron chi connectivity index (χ3n) is 0.973. The van der Waals surface area contributed by atoms with E-state index in [1.807, 2.05) is 0 Å². The first-order valence-electron chi connectivity index (χ1n) is 3.54. The zero-order valence-electron chi connectivity index (χ0n) is 7.47. The molecule has 4 N–H and O–H groups in total. The van der Waals surface area contributed by atoms with Crippen molar-refractivity contribution < 1.29 is 14.8 Å². The van der Waals surface area contributed by atoms with Crippen LogP contribution in [0.3, 0.4) is 0 Å². The summed E-state index contributed by atoms with van der Waals surface area (Å²) in [5, 5.41) is 7.54. The summed E-state index contributed by atoms with van der Waals surface area (Å²) in [6.45, 7) is 1.22. The third-order valence-corrected chi connectivity index (χ3v) is 0.973. The van der Waals surface area contributed by atoms with E-state index in [0.717, 1.165) is 0 Å². The molecule has 0 aliphatic carbocycles. The largest absolute Gasteiger partial charge is 0.364 e. The molecule has 0 aliphatic rings. The summed E-state index contributed by atoms with van der Waals surface area (Å²) >= 11 is 0. The molecule has 0 atom stereocenters. The lowest BCUT2D eigenvalue weighted by Gasteiger charge is -1.87. The van der Waals surface area contributed by atoms with Crippen LogP contribution in [0.1, 0.15) is 17.4 Å². The van der Waals surface area contributed by atoms with Crippen LogP contribution in [0.5, 0.6) is 0 Å². The molecule has 0 aromatic carbocycles. The van der Waals surface area contributed by atoms with Gasteiger partial charge < -0.3 is 5.73 Å². The highest BCUT2D eigenvalue weighted by Crippen LogP contribution is 1.84. The van der Waals surface area contributed by atoms with E-state index in [-0.39, 0.29) is 5.69 Å². The summed E-state index contributed by atoms with van der Waals surface area (Å²) in [4.78, 5) is 27.1. The molecule has 0 bridgehead atoms. The Morgan fingerprint density at radius 1 is 1.50 bits per heavy atom. The average Bonchev–Trinajstić information content (AvgIpc) is 2.20. The second-order valence-electron chi connectivity index (χ2n) is 2.12. The molecule has 0 saturated heterocycles. The van der Waals surface area contributed by atoms with Gasteiger partial charge in [0, 0.05) is 19.3 Å². The number of hydrogen-bond donors (Lipinski definition) is 3. The smallest absolute Gasteiger partial charge is 0.268 e. The molecule has 0 aliphatic heterocycles. The first-order valence-corrected chi connectivity index (χ1v) is 3.54. The lowest BCUT2D eigenvalue weighted by molar-refractivity contribution is -0.126. The normalized spacial score (nSPS) is 8.14. The van der Waals surface area contributed by atoms with Crippen LogP contribution in [0.2, 0.25) is 0 Å². The number of aromatic nitrogens is 2. The van der Waals surface area contributed by atoms with E-state index < -0.39 is 11.8 Å². The molecular weight excluding hydrogens is 188 g/mol. The first kappa shape index (κ1) is 12.0. The van der Waals surface area contributed by atoms with Crippen LogP contribution in [0.25, 0.3) is 0 Å². The number of amides is 2. The molecule has 7 heteroatoms. The Balaban J connectivity index is 0.000000292. The fraction of sp³-hybridized carbons (Fsp3) is 0.143. The minimum Gasteiger partial charge on any atom is -0.364 e. The molecule has 14 heavy (non-hydrogen) atoms. The van der Waals surface area contributed by atoms with Crippen molar-refractivity contribution in [2.45, 2.75) is 6.92 Å². The van der Waals surface area contributed by atoms with E-state index in [2.05, 4.69) is 9.97 Å². The molecular formula is C7H10N4O3. The van der Waals surface area contributed by atoms with Gasteiger partial charge >= 0.3 is 0 Å². The zero-order chi connectivity index (χ0) is 11.0. The van der Waals surface area contributed by atoms with Crippen molar-refractivity contribution in [3.63, 3.8) is 0 Å². The van der Waals surface area contributed by atoms with Crippen LogP contribution in [-0.4, -0.2) is 27.0 Å². The highest BCUT2D eigenvalue weighted by atomic mass is 16.5. The Bertz CT molecular complexity index is 301. The Morgan fingerprint density at radius 2 is 2.07 bits per heavy atom. The van der Waals surface area contributed by atoms with Crippen LogP contribution < -0.4 is 11.2 Å². The summed E-state index contributed by atoms with van der Waals surface area (Å²) in [6.07, 6.45) is 4.22. The van der Waals surface area contributed by atoms with Crippen LogP contribution >= 0.6 is 0 Å². The lowest BCUT2D eigenvalue weighted by Crippen LogP contribution is -2.12. The van der Waals surface area contributed by atoms with Crippen molar-refractivity contribution in [3.8, 4) is 0 Å². The van der Waals surface area contributed by atoms with Gasteiger partial charge in [-0.2, -0.15) is 0 Å². The Morgan fingerprint density at radius 3 is 2.29 bits per heavy atom. The molecule has 0 saturated carbocycles. The molecule has 1 aromatic heterocycles. The number of carbonyl (C=O) groups is 2. The van der Waals surface area contributed by atoms with Crippen LogP contribution in [0.4, 0.5) is 0 Å². The van der Waals surface area contributed by atoms with E-state index in [0.29, 0.717) is 0 Å². The maximum Gasteiger partial charge on any atom is 0.268 e. The van der Waals surface area contributed by atoms with Gasteiger partial charge in [-0.15, -0.1) is 0 Å². The van der Waals surface area contributed by atoms with E-state index in [9.17, 15) is 9.59 Å². The second-order valence-corrected chi connectivity index (χ2v) is 2.12. The minimum atomic E-state index is -0.553. The van der Waals surface area contributed by atoms with Crippen molar-refractivity contribution >= 4 is 11.8 Å². The summed E-state index contributed by atoms with van der Waals surface area (Å²) in [5.41, 5.74) is 6.45. The van der Waals surface area contributed by atoms with E-state index >= 15 is 0 Å². The van der Waals surface area contributed by atoms with E-state index in [1.54, 1.807) is 0 Å². The predicted molar refractivity (Wildman–Crippen MR) is 46.2 cm³/mol. The monoisotopic (exact) mass is 198 g/mol. The lowest BCUT2D eigenvalue weighted by atomic mass is 10.4. The van der Waals surface area contributed by atoms with Gasteiger partial charge in [0.05, 0.1) is 6.20 Å². The molecule has 0 radical (unpaired) electrons. The molecule has 7 nitrogen and oxygen atoms in total. The molecule has 0 unspecified atom stereocenters. The molecule has 1 rings (SSSR count). The number of nitrogens with zero attached hydrogens (tertiary/aromatic N) is 2. The average molecular weight is 198 g/mol. The van der Waals surface area contributed by atoms with Gasteiger partial charge in [0.25, 0.3) is 5.91 Å². The van der Waals surface area contributed by atoms with Crippen molar-refractivity contribution in [3.05, 3.63) is 24.3 Å². The number of carbonyl (C=O) groups excluding carboxylic acids is 2. The summed E-state index contributed by atoms with van der Waals surface area (Å²) in [7, 11) is 0. The molecule has 1 heterocycles. The quantitative estimate of drug-likeness (QED) is 0.398. The minimum absolute atomic E-state index is 0.192. The Hall–Kier alpha value is -2.02. The van der Waals surface area contributed by atoms with Gasteiger partial charge in [-0.1, -0.05) is 0 Å². The molecule has 0 spiro atoms. The second kappa shape index (κ2) is 6.49. The van der Waals surface area contributed by atoms with Crippen molar-refractivity contribution in [2.24, 2.45) is 5.73 Å². The standard InChI is InChI=1S/C5H5N3O.C2H5NO2/c6-5(9)4-3-7-1-2-8-4;1-2(4)3-5/h1-3H,(H2,6,9);5H,1H3,(H,3,4). The van der Waals surface area contributed by atoms with Gasteiger partial charge in [-0.25, -0.2) is 10.5 Å². The zero-order valence-corrected chi connectivity index (χ0v) is 7.47. The number of hydrogen-bond acceptors (Lipinski definition) is 5. The van der Waals surface area contributed by atoms with Crippen LogP contribution in [0.15, 0.2) is 18.6 Å². The Labute approximate surface area is 79.9 Å². The highest BCUT2D eigenvalue weighted by molar-refractivity contribution is 5.90. The van der Waals surface area contributed by atoms with E-state index in [1.165, 1.54) is 31.0 Å². The fourth-order valence-corrected chi connectivity index (χ4v) is 0.426. The summed E-state index contributed by atoms with van der Waals surface area (Å²) in [5.74, 6) is -0.992. The number of nitrogens with two attached hydrogens (primary N) is 1. The third kappa shape index (κ3) is 5.61. The molecule has 2 amide bonds. The van der Waals surface area contributed by atoms with Crippen molar-refractivity contribution in [2.75, 3.05) is 0 Å². The van der Waals surface area contributed by atoms with Gasteiger partial charge in [0.1, 0.15) is 5.69 Å². The topological polar surface area (TPSA) is 118 Å². The first-order chi connectivity index (χ1) is 6.57. The van der Waals surface area contributed by atoms with Gasteiger partial charge in [-0.3, -0.25) is 19.8 Å². The summed E-state index contributed by atoms with van der Waals surface area (Å²) < 4.78 is 0. The van der Waals surface area contributed by atoms with Crippen molar-refractivity contribution in [1.29, 1.82) is 0 Å². The molecule has 0 fully saturated rings. The van der Waals surface area contributed by atoms with Crippen molar-refractivity contribution in [1.82, 2.24) is 15.4 Å². The Kier molecular flexibility index (Phi) is 5.55. The van der Waals surface area contributed by atoms with Crippen LogP contribution in [0, 0.1) is 0 Å². The number of primary amides is 1. The fourth-order valence-electron chi connectivity index (χ4n) is 0.426. The van der Waals surface area contributed by atoms with Crippen LogP contribution in [-0.2, 0) is 4.79 Å². The van der Waals surface area contributed by atoms with Gasteiger partial charge in [0.2, 0.25) is 5.91 Å². The van der Waals surface area contributed by atoms with Gasteiger partial charge in [-0.05, 0) is 0 Å². The maximum absolute atomic E-state index is 10.3.